The normalized spacial score (nSPS) is 10.6. The van der Waals surface area contributed by atoms with Crippen LogP contribution in [0.5, 0.6) is 5.75 Å². The van der Waals surface area contributed by atoms with Gasteiger partial charge in [-0.1, -0.05) is 35.4 Å². The molecule has 0 aliphatic carbocycles. The molecular formula is C24H24ClNO2S. The molecule has 3 nitrogen and oxygen atoms in total. The predicted octanol–water partition coefficient (Wildman–Crippen LogP) is 6.90. The highest BCUT2D eigenvalue weighted by Crippen LogP contribution is 2.30. The van der Waals surface area contributed by atoms with Gasteiger partial charge in [-0.15, -0.1) is 11.8 Å². The summed E-state index contributed by atoms with van der Waals surface area (Å²) in [7, 11) is 0. The number of aryl methyl sites for hydroxylation is 2. The molecule has 0 aromatic heterocycles. The van der Waals surface area contributed by atoms with E-state index in [2.05, 4.69) is 36.5 Å². The zero-order valence-corrected chi connectivity index (χ0v) is 18.4. The number of halogens is 1. The largest absolute Gasteiger partial charge is 0.494 e. The molecule has 0 radical (unpaired) electrons. The van der Waals surface area contributed by atoms with Crippen molar-refractivity contribution < 1.29 is 9.53 Å². The maximum atomic E-state index is 12.8. The number of benzene rings is 3. The van der Waals surface area contributed by atoms with Crippen LogP contribution in [0.1, 0.15) is 34.0 Å². The van der Waals surface area contributed by atoms with Crippen molar-refractivity contribution >= 4 is 35.0 Å². The van der Waals surface area contributed by atoms with E-state index in [1.165, 1.54) is 10.5 Å². The Hall–Kier alpha value is -2.43. The molecular weight excluding hydrogens is 402 g/mol. The Balaban J connectivity index is 1.80. The second-order valence-electron chi connectivity index (χ2n) is 6.77. The van der Waals surface area contributed by atoms with E-state index < -0.39 is 0 Å². The zero-order chi connectivity index (χ0) is 20.8. The lowest BCUT2D eigenvalue weighted by molar-refractivity contribution is 0.102. The molecule has 0 saturated carbocycles. The molecule has 0 aliphatic heterocycles. The van der Waals surface area contributed by atoms with Crippen molar-refractivity contribution in [2.45, 2.75) is 31.4 Å². The smallest absolute Gasteiger partial charge is 0.255 e. The van der Waals surface area contributed by atoms with Gasteiger partial charge in [-0.2, -0.15) is 0 Å². The van der Waals surface area contributed by atoms with E-state index in [-0.39, 0.29) is 5.91 Å². The van der Waals surface area contributed by atoms with Crippen LogP contribution in [0.4, 0.5) is 5.69 Å². The highest BCUT2D eigenvalue weighted by Gasteiger charge is 2.13. The van der Waals surface area contributed by atoms with E-state index >= 15 is 0 Å². The second kappa shape index (κ2) is 9.86. The Kier molecular flexibility index (Phi) is 7.24. The number of anilines is 1. The topological polar surface area (TPSA) is 38.3 Å². The molecule has 3 rings (SSSR count). The molecule has 3 aromatic rings. The van der Waals surface area contributed by atoms with Crippen LogP contribution in [0.3, 0.4) is 0 Å². The van der Waals surface area contributed by atoms with E-state index in [0.717, 1.165) is 22.6 Å². The number of rotatable bonds is 7. The van der Waals surface area contributed by atoms with Crippen LogP contribution >= 0.6 is 23.4 Å². The van der Waals surface area contributed by atoms with E-state index in [0.29, 0.717) is 22.9 Å². The first-order valence-corrected chi connectivity index (χ1v) is 10.9. The van der Waals surface area contributed by atoms with Gasteiger partial charge in [-0.05, 0) is 68.8 Å². The summed E-state index contributed by atoms with van der Waals surface area (Å²) in [5.41, 5.74) is 4.50. The van der Waals surface area contributed by atoms with E-state index in [1.807, 2.05) is 38.1 Å². The number of hydrogen-bond acceptors (Lipinski definition) is 3. The van der Waals surface area contributed by atoms with Crippen molar-refractivity contribution in [3.05, 3.63) is 87.9 Å². The van der Waals surface area contributed by atoms with Gasteiger partial charge in [-0.3, -0.25) is 4.79 Å². The molecule has 5 heteroatoms. The van der Waals surface area contributed by atoms with E-state index in [1.54, 1.807) is 23.9 Å². The Morgan fingerprint density at radius 3 is 2.52 bits per heavy atom. The summed E-state index contributed by atoms with van der Waals surface area (Å²) in [5, 5.41) is 3.55. The van der Waals surface area contributed by atoms with Crippen molar-refractivity contribution in [2.75, 3.05) is 11.9 Å². The number of nitrogens with one attached hydrogen (secondary N) is 1. The monoisotopic (exact) mass is 425 g/mol. The highest BCUT2D eigenvalue weighted by atomic mass is 35.5. The molecule has 0 bridgehead atoms. The fraction of sp³-hybridized carbons (Fsp3) is 0.208. The van der Waals surface area contributed by atoms with Crippen molar-refractivity contribution in [1.29, 1.82) is 0 Å². The van der Waals surface area contributed by atoms with Crippen LogP contribution in [-0.4, -0.2) is 12.5 Å². The summed E-state index contributed by atoms with van der Waals surface area (Å²) in [6, 6.07) is 19.4. The predicted molar refractivity (Wildman–Crippen MR) is 122 cm³/mol. The van der Waals surface area contributed by atoms with Crippen LogP contribution in [0.2, 0.25) is 5.02 Å². The van der Waals surface area contributed by atoms with Gasteiger partial charge in [0.25, 0.3) is 5.91 Å². The van der Waals surface area contributed by atoms with Crippen LogP contribution in [-0.2, 0) is 5.75 Å². The Morgan fingerprint density at radius 2 is 1.79 bits per heavy atom. The van der Waals surface area contributed by atoms with Crippen LogP contribution in [0.15, 0.2) is 65.6 Å². The van der Waals surface area contributed by atoms with Gasteiger partial charge in [0.1, 0.15) is 5.75 Å². The SMILES string of the molecule is CCOc1ccc(C(=O)Nc2cc(Cl)ccc2C)cc1CSc1ccc(C)cc1. The zero-order valence-electron chi connectivity index (χ0n) is 16.8. The summed E-state index contributed by atoms with van der Waals surface area (Å²) in [4.78, 5) is 14.0. The third-order valence-corrected chi connectivity index (χ3v) is 5.78. The minimum atomic E-state index is -0.167. The molecule has 0 saturated heterocycles. The van der Waals surface area contributed by atoms with Gasteiger partial charge < -0.3 is 10.1 Å². The minimum Gasteiger partial charge on any atom is -0.494 e. The van der Waals surface area contributed by atoms with E-state index in [4.69, 9.17) is 16.3 Å². The van der Waals surface area contributed by atoms with Gasteiger partial charge in [0.15, 0.2) is 0 Å². The number of amides is 1. The summed E-state index contributed by atoms with van der Waals surface area (Å²) >= 11 is 7.79. The van der Waals surface area contributed by atoms with E-state index in [9.17, 15) is 4.79 Å². The maximum Gasteiger partial charge on any atom is 0.255 e. The number of carbonyl (C=O) groups excluding carboxylic acids is 1. The number of carbonyl (C=O) groups is 1. The minimum absolute atomic E-state index is 0.167. The molecule has 29 heavy (non-hydrogen) atoms. The van der Waals surface area contributed by atoms with Gasteiger partial charge >= 0.3 is 0 Å². The number of ether oxygens (including phenoxy) is 1. The van der Waals surface area contributed by atoms with Crippen molar-refractivity contribution in [3.63, 3.8) is 0 Å². The summed E-state index contributed by atoms with van der Waals surface area (Å²) in [6.45, 7) is 6.55. The summed E-state index contributed by atoms with van der Waals surface area (Å²) in [5.74, 6) is 1.36. The number of hydrogen-bond donors (Lipinski definition) is 1. The number of thioether (sulfide) groups is 1. The van der Waals surface area contributed by atoms with Crippen LogP contribution < -0.4 is 10.1 Å². The van der Waals surface area contributed by atoms with Crippen molar-refractivity contribution in [3.8, 4) is 5.75 Å². The Bertz CT molecular complexity index is 1000. The Morgan fingerprint density at radius 1 is 1.03 bits per heavy atom. The average Bonchev–Trinajstić information content (AvgIpc) is 2.71. The fourth-order valence-electron chi connectivity index (χ4n) is 2.85. The van der Waals surface area contributed by atoms with Crippen LogP contribution in [0.25, 0.3) is 0 Å². The fourth-order valence-corrected chi connectivity index (χ4v) is 3.90. The third-order valence-electron chi connectivity index (χ3n) is 4.49. The molecule has 0 atom stereocenters. The quantitative estimate of drug-likeness (QED) is 0.418. The van der Waals surface area contributed by atoms with Gasteiger partial charge in [0.05, 0.1) is 6.61 Å². The molecule has 1 amide bonds. The third kappa shape index (κ3) is 5.78. The summed E-state index contributed by atoms with van der Waals surface area (Å²) in [6.07, 6.45) is 0. The standard InChI is InChI=1S/C24H24ClNO2S/c1-4-28-23-12-8-18(24(27)26-22-14-20(25)9-7-17(22)3)13-19(23)15-29-21-10-5-16(2)6-11-21/h5-14H,4,15H2,1-3H3,(H,26,27). The Labute approximate surface area is 181 Å². The lowest BCUT2D eigenvalue weighted by Gasteiger charge is -2.13. The average molecular weight is 426 g/mol. The first-order valence-electron chi connectivity index (χ1n) is 9.49. The van der Waals surface area contributed by atoms with Gasteiger partial charge in [0.2, 0.25) is 0 Å². The van der Waals surface area contributed by atoms with Gasteiger partial charge in [0, 0.05) is 32.5 Å². The summed E-state index contributed by atoms with van der Waals surface area (Å²) < 4.78 is 5.77. The first kappa shape index (κ1) is 21.3. The van der Waals surface area contributed by atoms with Crippen molar-refractivity contribution in [1.82, 2.24) is 0 Å². The van der Waals surface area contributed by atoms with Gasteiger partial charge in [-0.25, -0.2) is 0 Å². The highest BCUT2D eigenvalue weighted by molar-refractivity contribution is 7.98. The lowest BCUT2D eigenvalue weighted by atomic mass is 10.1. The van der Waals surface area contributed by atoms with Crippen LogP contribution in [0, 0.1) is 13.8 Å². The molecule has 0 heterocycles. The molecule has 150 valence electrons. The molecule has 0 spiro atoms. The van der Waals surface area contributed by atoms with Crippen molar-refractivity contribution in [2.24, 2.45) is 0 Å². The molecule has 0 aliphatic rings. The maximum absolute atomic E-state index is 12.8. The molecule has 0 fully saturated rings. The molecule has 3 aromatic carbocycles. The first-order chi connectivity index (χ1) is 14.0. The second-order valence-corrected chi connectivity index (χ2v) is 8.26. The molecule has 0 unspecified atom stereocenters. The lowest BCUT2D eigenvalue weighted by Crippen LogP contribution is -2.13. The molecule has 1 N–H and O–H groups in total.